The number of rotatable bonds is 6. The van der Waals surface area contributed by atoms with Crippen LogP contribution in [0.3, 0.4) is 0 Å². The van der Waals surface area contributed by atoms with Crippen LogP contribution in [0.4, 0.5) is 0 Å². The zero-order valence-corrected chi connectivity index (χ0v) is 18.0. The molecule has 3 aromatic rings. The number of benzene rings is 2. The van der Waals surface area contributed by atoms with E-state index in [4.69, 9.17) is 4.52 Å². The van der Waals surface area contributed by atoms with Crippen molar-refractivity contribution in [2.75, 3.05) is 13.1 Å². The minimum absolute atomic E-state index is 0.0969. The van der Waals surface area contributed by atoms with E-state index in [1.807, 2.05) is 31.2 Å². The predicted octanol–water partition coefficient (Wildman–Crippen LogP) is 2.76. The van der Waals surface area contributed by atoms with Gasteiger partial charge in [-0.25, -0.2) is 8.42 Å². The van der Waals surface area contributed by atoms with Crippen molar-refractivity contribution < 1.29 is 17.7 Å². The fraction of sp³-hybridized carbons (Fsp3) is 0.318. The number of aromatic nitrogens is 2. The summed E-state index contributed by atoms with van der Waals surface area (Å²) in [4.78, 5) is 17.2. The molecule has 0 radical (unpaired) electrons. The first kappa shape index (κ1) is 21.2. The van der Waals surface area contributed by atoms with Gasteiger partial charge in [-0.1, -0.05) is 53.2 Å². The van der Waals surface area contributed by atoms with E-state index >= 15 is 0 Å². The van der Waals surface area contributed by atoms with Crippen LogP contribution < -0.4 is 5.32 Å². The summed E-state index contributed by atoms with van der Waals surface area (Å²) in [6.07, 6.45) is 1.26. The molecule has 1 fully saturated rings. The Hall–Kier alpha value is -3.04. The smallest absolute Gasteiger partial charge is 0.246 e. The summed E-state index contributed by atoms with van der Waals surface area (Å²) in [7, 11) is -3.61. The van der Waals surface area contributed by atoms with Crippen molar-refractivity contribution >= 4 is 15.9 Å². The molecule has 8 nitrogen and oxygen atoms in total. The number of carbonyl (C=O) groups is 1. The van der Waals surface area contributed by atoms with Crippen molar-refractivity contribution in [3.8, 4) is 11.4 Å². The topological polar surface area (TPSA) is 105 Å². The van der Waals surface area contributed by atoms with Crippen molar-refractivity contribution in [3.05, 3.63) is 66.1 Å². The third-order valence-corrected chi connectivity index (χ3v) is 7.21. The number of amides is 1. The third-order valence-electron chi connectivity index (χ3n) is 5.33. The Morgan fingerprint density at radius 1 is 1.16 bits per heavy atom. The summed E-state index contributed by atoms with van der Waals surface area (Å²) in [5.74, 6) is 0.116. The summed E-state index contributed by atoms with van der Waals surface area (Å²) in [6, 6.07) is 16.0. The average Bonchev–Trinajstić information content (AvgIpc) is 3.27. The number of nitrogens with one attached hydrogen (secondary N) is 1. The van der Waals surface area contributed by atoms with Crippen LogP contribution in [-0.2, 0) is 21.4 Å². The van der Waals surface area contributed by atoms with Gasteiger partial charge in [-0.2, -0.15) is 9.29 Å². The van der Waals surface area contributed by atoms with Gasteiger partial charge in [0.25, 0.3) is 0 Å². The lowest BCUT2D eigenvalue weighted by Gasteiger charge is -2.31. The third kappa shape index (κ3) is 4.83. The molecule has 0 saturated carbocycles. The number of hydrogen-bond donors (Lipinski definition) is 1. The number of hydrogen-bond acceptors (Lipinski definition) is 6. The maximum atomic E-state index is 12.9. The molecule has 162 valence electrons. The summed E-state index contributed by atoms with van der Waals surface area (Å²) >= 11 is 0. The van der Waals surface area contributed by atoms with Gasteiger partial charge >= 0.3 is 0 Å². The van der Waals surface area contributed by atoms with Crippen LogP contribution in [0.2, 0.25) is 0 Å². The Labute approximate surface area is 181 Å². The highest BCUT2D eigenvalue weighted by atomic mass is 32.2. The second-order valence-corrected chi connectivity index (χ2v) is 9.55. The van der Waals surface area contributed by atoms with E-state index in [0.29, 0.717) is 31.1 Å². The Kier molecular flexibility index (Phi) is 6.15. The van der Waals surface area contributed by atoms with Gasteiger partial charge in [-0.3, -0.25) is 4.79 Å². The standard InChI is InChI=1S/C22H24N4O4S/c1-16-9-11-17(12-10-16)21-24-20(30-25-21)14-23-22(27)18-6-5-13-26(15-18)31(28,29)19-7-3-2-4-8-19/h2-4,7-12,18H,5-6,13-15H2,1H3,(H,23,27). The lowest BCUT2D eigenvalue weighted by molar-refractivity contribution is -0.126. The van der Waals surface area contributed by atoms with E-state index in [9.17, 15) is 13.2 Å². The van der Waals surface area contributed by atoms with E-state index < -0.39 is 15.9 Å². The van der Waals surface area contributed by atoms with Gasteiger partial charge in [0.1, 0.15) is 0 Å². The summed E-state index contributed by atoms with van der Waals surface area (Å²) in [5, 5.41) is 6.76. The maximum absolute atomic E-state index is 12.9. The second-order valence-electron chi connectivity index (χ2n) is 7.61. The van der Waals surface area contributed by atoms with Gasteiger partial charge in [0.15, 0.2) is 0 Å². The molecule has 4 rings (SSSR count). The van der Waals surface area contributed by atoms with E-state index in [1.54, 1.807) is 30.3 Å². The monoisotopic (exact) mass is 440 g/mol. The number of piperidine rings is 1. The van der Waals surface area contributed by atoms with Gasteiger partial charge < -0.3 is 9.84 Å². The van der Waals surface area contributed by atoms with Crippen LogP contribution in [0.15, 0.2) is 64.0 Å². The maximum Gasteiger partial charge on any atom is 0.246 e. The molecule has 1 amide bonds. The molecule has 9 heteroatoms. The van der Waals surface area contributed by atoms with Crippen molar-refractivity contribution in [2.45, 2.75) is 31.2 Å². The zero-order valence-electron chi connectivity index (χ0n) is 17.2. The molecule has 0 aliphatic carbocycles. The first-order chi connectivity index (χ1) is 14.9. The van der Waals surface area contributed by atoms with Crippen LogP contribution in [0, 0.1) is 12.8 Å². The van der Waals surface area contributed by atoms with E-state index in [-0.39, 0.29) is 23.9 Å². The normalized spacial score (nSPS) is 17.4. The largest absolute Gasteiger partial charge is 0.347 e. The molecule has 0 spiro atoms. The zero-order chi connectivity index (χ0) is 21.8. The molecule has 1 N–H and O–H groups in total. The number of aryl methyl sites for hydroxylation is 1. The van der Waals surface area contributed by atoms with Gasteiger partial charge in [0.2, 0.25) is 27.6 Å². The highest BCUT2D eigenvalue weighted by Crippen LogP contribution is 2.24. The van der Waals surface area contributed by atoms with Gasteiger partial charge in [-0.15, -0.1) is 0 Å². The average molecular weight is 441 g/mol. The molecule has 1 atom stereocenters. The Balaban J connectivity index is 1.36. The summed E-state index contributed by atoms with van der Waals surface area (Å²) < 4.78 is 32.3. The Morgan fingerprint density at radius 2 is 1.90 bits per heavy atom. The SMILES string of the molecule is Cc1ccc(-c2noc(CNC(=O)C3CCCN(S(=O)(=O)c4ccccc4)C3)n2)cc1. The van der Waals surface area contributed by atoms with E-state index in [2.05, 4.69) is 15.5 Å². The molecule has 1 aromatic heterocycles. The molecule has 1 unspecified atom stereocenters. The van der Waals surface area contributed by atoms with Crippen molar-refractivity contribution in [3.63, 3.8) is 0 Å². The van der Waals surface area contributed by atoms with Crippen LogP contribution >= 0.6 is 0 Å². The second kappa shape index (κ2) is 8.99. The van der Waals surface area contributed by atoms with Crippen molar-refractivity contribution in [1.82, 2.24) is 19.8 Å². The number of nitrogens with zero attached hydrogens (tertiary/aromatic N) is 3. The first-order valence-electron chi connectivity index (χ1n) is 10.2. The molecule has 1 aliphatic rings. The molecule has 31 heavy (non-hydrogen) atoms. The quantitative estimate of drug-likeness (QED) is 0.632. The molecule has 1 saturated heterocycles. The van der Waals surface area contributed by atoms with E-state index in [0.717, 1.165) is 11.1 Å². The van der Waals surface area contributed by atoms with Crippen LogP contribution in [0.5, 0.6) is 0 Å². The molecular weight excluding hydrogens is 416 g/mol. The lowest BCUT2D eigenvalue weighted by atomic mass is 9.99. The van der Waals surface area contributed by atoms with Crippen LogP contribution in [-0.4, -0.2) is 41.9 Å². The molecule has 2 aromatic carbocycles. The first-order valence-corrected chi connectivity index (χ1v) is 11.6. The van der Waals surface area contributed by atoms with Crippen molar-refractivity contribution in [2.24, 2.45) is 5.92 Å². The van der Waals surface area contributed by atoms with Gasteiger partial charge in [-0.05, 0) is 31.9 Å². The summed E-state index contributed by atoms with van der Waals surface area (Å²) in [5.41, 5.74) is 1.97. The van der Waals surface area contributed by atoms with Gasteiger partial charge in [0, 0.05) is 18.7 Å². The summed E-state index contributed by atoms with van der Waals surface area (Å²) in [6.45, 7) is 2.66. The minimum Gasteiger partial charge on any atom is -0.347 e. The number of sulfonamides is 1. The Morgan fingerprint density at radius 3 is 2.65 bits per heavy atom. The van der Waals surface area contributed by atoms with Crippen molar-refractivity contribution in [1.29, 1.82) is 0 Å². The molecule has 0 bridgehead atoms. The molecular formula is C22H24N4O4S. The molecule has 1 aliphatic heterocycles. The van der Waals surface area contributed by atoms with Crippen LogP contribution in [0.1, 0.15) is 24.3 Å². The van der Waals surface area contributed by atoms with E-state index in [1.165, 1.54) is 4.31 Å². The predicted molar refractivity (Wildman–Crippen MR) is 114 cm³/mol. The highest BCUT2D eigenvalue weighted by Gasteiger charge is 2.33. The van der Waals surface area contributed by atoms with Crippen LogP contribution in [0.25, 0.3) is 11.4 Å². The van der Waals surface area contributed by atoms with Gasteiger partial charge in [0.05, 0.1) is 17.4 Å². The highest BCUT2D eigenvalue weighted by molar-refractivity contribution is 7.89. The lowest BCUT2D eigenvalue weighted by Crippen LogP contribution is -2.45. The fourth-order valence-corrected chi connectivity index (χ4v) is 5.11. The number of carbonyl (C=O) groups excluding carboxylic acids is 1. The molecule has 2 heterocycles. The fourth-order valence-electron chi connectivity index (χ4n) is 3.57. The Bertz CT molecular complexity index is 1140. The minimum atomic E-state index is -3.61.